The van der Waals surface area contributed by atoms with Crippen LogP contribution in [0.4, 0.5) is 0 Å². The molecule has 8 heteroatoms. The van der Waals surface area contributed by atoms with E-state index in [-0.39, 0.29) is 18.7 Å². The van der Waals surface area contributed by atoms with Crippen LogP contribution in [0.25, 0.3) is 10.9 Å². The minimum atomic E-state index is -0.964. The molecule has 0 aliphatic carbocycles. The summed E-state index contributed by atoms with van der Waals surface area (Å²) in [6.07, 6.45) is -0.0754. The summed E-state index contributed by atoms with van der Waals surface area (Å²) >= 11 is 12.2. The van der Waals surface area contributed by atoms with Gasteiger partial charge in [0.15, 0.2) is 0 Å². The molecule has 1 unspecified atom stereocenters. The van der Waals surface area contributed by atoms with Gasteiger partial charge in [-0.3, -0.25) is 9.59 Å². The first kappa shape index (κ1) is 23.8. The minimum Gasteiger partial charge on any atom is -0.495 e. The molecule has 1 amide bonds. The fourth-order valence-corrected chi connectivity index (χ4v) is 4.35. The van der Waals surface area contributed by atoms with Gasteiger partial charge in [0.2, 0.25) is 5.91 Å². The Hall–Kier alpha value is -2.90. The van der Waals surface area contributed by atoms with Crippen LogP contribution in [-0.2, 0) is 16.0 Å². The third kappa shape index (κ3) is 4.95. The lowest BCUT2D eigenvalue weighted by Gasteiger charge is -2.13. The van der Waals surface area contributed by atoms with Crippen LogP contribution in [0.1, 0.15) is 35.7 Å². The number of carboxylic acid groups (broad SMARTS) is 1. The molecule has 0 spiro atoms. The van der Waals surface area contributed by atoms with Gasteiger partial charge < -0.3 is 19.7 Å². The maximum atomic E-state index is 12.7. The van der Waals surface area contributed by atoms with Crippen molar-refractivity contribution in [3.05, 3.63) is 63.8 Å². The lowest BCUT2D eigenvalue weighted by Crippen LogP contribution is -2.35. The first-order valence-corrected chi connectivity index (χ1v) is 10.9. The molecule has 3 rings (SSSR count). The summed E-state index contributed by atoms with van der Waals surface area (Å²) in [5.41, 5.74) is 4.38. The number of ether oxygens (including phenoxy) is 1. The van der Waals surface area contributed by atoms with Crippen molar-refractivity contribution >= 4 is 51.6 Å². The molecular formula is C24H25ClN2O4S. The number of hydrogen-bond acceptors (Lipinski definition) is 4. The lowest BCUT2D eigenvalue weighted by atomic mass is 10.1. The highest BCUT2D eigenvalue weighted by molar-refractivity contribution is 7.80. The zero-order chi connectivity index (χ0) is 23.6. The number of carboxylic acids is 1. The fourth-order valence-electron chi connectivity index (χ4n) is 3.75. The predicted molar refractivity (Wildman–Crippen MR) is 130 cm³/mol. The topological polar surface area (TPSA) is 80.6 Å². The minimum absolute atomic E-state index is 0.0700. The Bertz CT molecular complexity index is 1200. The molecule has 0 aliphatic rings. The maximum Gasteiger partial charge on any atom is 0.305 e. The van der Waals surface area contributed by atoms with Crippen molar-refractivity contribution in [1.82, 2.24) is 9.88 Å². The molecule has 1 heterocycles. The summed E-state index contributed by atoms with van der Waals surface area (Å²) in [4.78, 5) is 24.2. The van der Waals surface area contributed by atoms with E-state index in [4.69, 9.17) is 33.7 Å². The third-order valence-corrected chi connectivity index (χ3v) is 6.05. The first-order chi connectivity index (χ1) is 15.1. The van der Waals surface area contributed by atoms with Crippen molar-refractivity contribution in [3.8, 4) is 5.75 Å². The van der Waals surface area contributed by atoms with E-state index >= 15 is 0 Å². The second-order valence-electron chi connectivity index (χ2n) is 7.82. The van der Waals surface area contributed by atoms with Gasteiger partial charge in [-0.25, -0.2) is 0 Å². The Morgan fingerprint density at radius 1 is 1.22 bits per heavy atom. The largest absolute Gasteiger partial charge is 0.495 e. The maximum absolute atomic E-state index is 12.7. The molecule has 0 radical (unpaired) electrons. The van der Waals surface area contributed by atoms with Crippen molar-refractivity contribution in [3.63, 3.8) is 0 Å². The average molecular weight is 473 g/mol. The van der Waals surface area contributed by atoms with Gasteiger partial charge >= 0.3 is 5.97 Å². The molecule has 0 aliphatic heterocycles. The predicted octanol–water partition coefficient (Wildman–Crippen LogP) is 4.67. The summed E-state index contributed by atoms with van der Waals surface area (Å²) in [6.45, 7) is 5.58. The van der Waals surface area contributed by atoms with Gasteiger partial charge in [-0.1, -0.05) is 53.6 Å². The summed E-state index contributed by atoms with van der Waals surface area (Å²) in [6, 6.07) is 11.0. The van der Waals surface area contributed by atoms with Crippen molar-refractivity contribution < 1.29 is 19.4 Å². The van der Waals surface area contributed by atoms with Crippen LogP contribution in [0.5, 0.6) is 5.75 Å². The Balaban J connectivity index is 2.08. The van der Waals surface area contributed by atoms with Gasteiger partial charge in [0.1, 0.15) is 10.7 Å². The van der Waals surface area contributed by atoms with Gasteiger partial charge in [-0.05, 0) is 38.5 Å². The van der Waals surface area contributed by atoms with E-state index in [1.165, 1.54) is 7.11 Å². The highest BCUT2D eigenvalue weighted by Crippen LogP contribution is 2.35. The van der Waals surface area contributed by atoms with E-state index in [1.54, 1.807) is 13.0 Å². The van der Waals surface area contributed by atoms with Crippen LogP contribution in [0.2, 0.25) is 5.02 Å². The number of amides is 1. The monoisotopic (exact) mass is 472 g/mol. The Morgan fingerprint density at radius 3 is 2.47 bits per heavy atom. The Labute approximate surface area is 197 Å². The van der Waals surface area contributed by atoms with E-state index < -0.39 is 12.0 Å². The Kier molecular flexibility index (Phi) is 7.21. The van der Waals surface area contributed by atoms with Gasteiger partial charge in [-0.2, -0.15) is 0 Å². The molecule has 0 fully saturated rings. The molecule has 1 atom stereocenters. The number of carbonyl (C=O) groups is 2. The van der Waals surface area contributed by atoms with Crippen LogP contribution in [0, 0.1) is 13.8 Å². The smallest absolute Gasteiger partial charge is 0.305 e. The van der Waals surface area contributed by atoms with E-state index in [0.717, 1.165) is 33.3 Å². The number of aromatic nitrogens is 1. The van der Waals surface area contributed by atoms with Crippen LogP contribution in [0.3, 0.4) is 0 Å². The number of thiocarbonyl (C=S) groups is 1. The second-order valence-corrected chi connectivity index (χ2v) is 8.61. The number of nitrogens with zero attached hydrogens (tertiary/aromatic N) is 1. The van der Waals surface area contributed by atoms with Crippen LogP contribution < -0.4 is 10.1 Å². The second kappa shape index (κ2) is 9.71. The molecule has 32 heavy (non-hydrogen) atoms. The lowest BCUT2D eigenvalue weighted by molar-refractivity contribution is -0.137. The number of methoxy groups -OCH3 is 1. The normalized spacial score (nSPS) is 11.9. The number of carbonyl (C=O) groups excluding carboxylic acids is 1. The third-order valence-electron chi connectivity index (χ3n) is 5.34. The van der Waals surface area contributed by atoms with Gasteiger partial charge in [0.25, 0.3) is 0 Å². The number of aliphatic carboxylic acids is 1. The molecule has 1 aromatic heterocycles. The van der Waals surface area contributed by atoms with Crippen molar-refractivity contribution in [1.29, 1.82) is 0 Å². The van der Waals surface area contributed by atoms with Gasteiger partial charge in [0.05, 0.1) is 30.5 Å². The van der Waals surface area contributed by atoms with Crippen LogP contribution in [-0.4, -0.2) is 39.7 Å². The molecule has 3 aromatic rings. The first-order valence-electron chi connectivity index (χ1n) is 10.1. The highest BCUT2D eigenvalue weighted by Gasteiger charge is 2.22. The molecule has 168 valence electrons. The molecule has 0 saturated heterocycles. The highest BCUT2D eigenvalue weighted by atomic mass is 35.5. The van der Waals surface area contributed by atoms with E-state index in [0.29, 0.717) is 15.8 Å². The summed E-state index contributed by atoms with van der Waals surface area (Å²) < 4.78 is 7.31. The number of rotatable bonds is 7. The van der Waals surface area contributed by atoms with Crippen molar-refractivity contribution in [2.45, 2.75) is 39.7 Å². The SMILES string of the molecule is COc1cc2c(CC(=O)NC(C)CC(=O)O)c(C)n(C(=S)c3ccc(C)cc3)c2cc1Cl. The van der Waals surface area contributed by atoms with E-state index in [1.807, 2.05) is 48.7 Å². The number of aryl methyl sites for hydroxylation is 1. The number of fused-ring (bicyclic) bond motifs is 1. The zero-order valence-electron chi connectivity index (χ0n) is 18.4. The van der Waals surface area contributed by atoms with Crippen LogP contribution in [0.15, 0.2) is 36.4 Å². The number of nitrogens with one attached hydrogen (secondary N) is 1. The Morgan fingerprint density at radius 2 is 1.88 bits per heavy atom. The standard InChI is InChI=1S/C24H25ClN2O4S/c1-13-5-7-16(8-6-13)24(32)27-15(3)17(11-22(28)26-14(2)9-23(29)30)18-10-21(31-4)19(25)12-20(18)27/h5-8,10,12,14H,9,11H2,1-4H3,(H,26,28)(H,29,30). The van der Waals surface area contributed by atoms with Crippen LogP contribution >= 0.6 is 23.8 Å². The number of halogens is 1. The van der Waals surface area contributed by atoms with Crippen molar-refractivity contribution in [2.24, 2.45) is 0 Å². The number of benzene rings is 2. The summed E-state index contributed by atoms with van der Waals surface area (Å²) in [5, 5.41) is 12.9. The van der Waals surface area contributed by atoms with Gasteiger partial charge in [-0.15, -0.1) is 0 Å². The average Bonchev–Trinajstić information content (AvgIpc) is 2.97. The molecule has 0 saturated carbocycles. The molecule has 2 aromatic carbocycles. The zero-order valence-corrected chi connectivity index (χ0v) is 19.9. The quantitative estimate of drug-likeness (QED) is 0.488. The molecular weight excluding hydrogens is 448 g/mol. The molecule has 0 bridgehead atoms. The van der Waals surface area contributed by atoms with Gasteiger partial charge in [0, 0.05) is 22.7 Å². The summed E-state index contributed by atoms with van der Waals surface area (Å²) in [7, 11) is 1.54. The van der Waals surface area contributed by atoms with E-state index in [9.17, 15) is 9.59 Å². The number of hydrogen-bond donors (Lipinski definition) is 2. The summed E-state index contributed by atoms with van der Waals surface area (Å²) in [5.74, 6) is -0.733. The molecule has 2 N–H and O–H groups in total. The molecule has 6 nitrogen and oxygen atoms in total. The fraction of sp³-hybridized carbons (Fsp3) is 0.292. The van der Waals surface area contributed by atoms with Crippen molar-refractivity contribution in [2.75, 3.05) is 7.11 Å². The van der Waals surface area contributed by atoms with E-state index in [2.05, 4.69) is 5.32 Å².